The first-order valence-corrected chi connectivity index (χ1v) is 7.20. The van der Waals surface area contributed by atoms with Crippen LogP contribution >= 0.6 is 15.9 Å². The Bertz CT molecular complexity index is 226. The molecule has 0 amide bonds. The van der Waals surface area contributed by atoms with Crippen LogP contribution in [0.2, 0.25) is 0 Å². The molecule has 1 unspecified atom stereocenters. The third-order valence-corrected chi connectivity index (χ3v) is 4.56. The van der Waals surface area contributed by atoms with E-state index in [2.05, 4.69) is 34.5 Å². The monoisotopic (exact) mass is 271 g/mol. The molecule has 0 radical (unpaired) electrons. The zero-order valence-corrected chi connectivity index (χ0v) is 10.8. The quantitative estimate of drug-likeness (QED) is 0.752. The summed E-state index contributed by atoms with van der Waals surface area (Å²) >= 11 is 2.93. The van der Waals surface area contributed by atoms with Crippen molar-refractivity contribution in [1.82, 2.24) is 4.72 Å². The molecule has 3 nitrogen and oxygen atoms in total. The van der Waals surface area contributed by atoms with Crippen LogP contribution in [-0.4, -0.2) is 19.1 Å². The van der Waals surface area contributed by atoms with Crippen molar-refractivity contribution in [3.8, 4) is 0 Å². The summed E-state index contributed by atoms with van der Waals surface area (Å²) in [6, 6.07) is 0.0324. The molecule has 0 spiro atoms. The Labute approximate surface area is 89.5 Å². The van der Waals surface area contributed by atoms with Gasteiger partial charge < -0.3 is 0 Å². The molecule has 5 heteroatoms. The summed E-state index contributed by atoms with van der Waals surface area (Å²) in [5.41, 5.74) is 0. The average molecular weight is 272 g/mol. The Morgan fingerprint density at radius 2 is 1.77 bits per heavy atom. The van der Waals surface area contributed by atoms with Crippen LogP contribution < -0.4 is 4.72 Å². The highest BCUT2D eigenvalue weighted by Crippen LogP contribution is 2.07. The van der Waals surface area contributed by atoms with Gasteiger partial charge in [0.2, 0.25) is 10.0 Å². The fourth-order valence-electron chi connectivity index (χ4n) is 0.980. The molecule has 0 saturated heterocycles. The first kappa shape index (κ1) is 13.4. The van der Waals surface area contributed by atoms with Crippen LogP contribution in [0.1, 0.15) is 33.6 Å². The Hall–Kier alpha value is 0.390. The highest BCUT2D eigenvalue weighted by atomic mass is 79.9. The van der Waals surface area contributed by atoms with Gasteiger partial charge in [-0.15, -0.1) is 0 Å². The van der Waals surface area contributed by atoms with E-state index in [-0.39, 0.29) is 10.7 Å². The van der Waals surface area contributed by atoms with Crippen LogP contribution in [0.15, 0.2) is 0 Å². The molecule has 0 saturated carbocycles. The molecule has 0 aromatic carbocycles. The van der Waals surface area contributed by atoms with Crippen molar-refractivity contribution in [2.75, 3.05) is 4.66 Å². The fraction of sp³-hybridized carbons (Fsp3) is 1.00. The molecule has 0 aliphatic carbocycles. The van der Waals surface area contributed by atoms with E-state index in [1.165, 1.54) is 0 Å². The van der Waals surface area contributed by atoms with E-state index in [1.807, 2.05) is 6.92 Å². The summed E-state index contributed by atoms with van der Waals surface area (Å²) in [5, 5.41) is 0. The maximum absolute atomic E-state index is 11.1. The highest BCUT2D eigenvalue weighted by molar-refractivity contribution is 9.10. The zero-order valence-electron chi connectivity index (χ0n) is 8.38. The Balaban J connectivity index is 3.81. The second-order valence-electron chi connectivity index (χ2n) is 3.71. The van der Waals surface area contributed by atoms with Gasteiger partial charge in [0, 0.05) is 6.04 Å². The van der Waals surface area contributed by atoms with Gasteiger partial charge in [-0.3, -0.25) is 0 Å². The van der Waals surface area contributed by atoms with Crippen LogP contribution in [0.3, 0.4) is 0 Å². The summed E-state index contributed by atoms with van der Waals surface area (Å²) < 4.78 is 24.8. The van der Waals surface area contributed by atoms with Crippen molar-refractivity contribution < 1.29 is 8.42 Å². The van der Waals surface area contributed by atoms with Crippen LogP contribution in [0.4, 0.5) is 0 Å². The van der Waals surface area contributed by atoms with E-state index in [1.54, 1.807) is 0 Å². The standard InChI is InChI=1S/C8H18BrNO2S/c1-7(2)4-5-8(3)10-13(11,12)6-9/h7-8,10H,4-6H2,1-3H3. The summed E-state index contributed by atoms with van der Waals surface area (Å²) in [6.07, 6.45) is 1.94. The third kappa shape index (κ3) is 7.46. The van der Waals surface area contributed by atoms with Crippen LogP contribution in [0, 0.1) is 5.92 Å². The summed E-state index contributed by atoms with van der Waals surface area (Å²) in [7, 11) is -3.10. The van der Waals surface area contributed by atoms with E-state index in [9.17, 15) is 8.42 Å². The maximum Gasteiger partial charge on any atom is 0.221 e. The molecule has 0 rings (SSSR count). The first-order valence-electron chi connectivity index (χ1n) is 4.43. The van der Waals surface area contributed by atoms with Gasteiger partial charge in [0.25, 0.3) is 0 Å². The molecule has 0 aromatic heterocycles. The first-order chi connectivity index (χ1) is 5.87. The Kier molecular flexibility index (Phi) is 6.16. The van der Waals surface area contributed by atoms with E-state index in [0.717, 1.165) is 12.8 Å². The molecule has 0 fully saturated rings. The Morgan fingerprint density at radius 1 is 1.23 bits per heavy atom. The molecule has 0 aliphatic heterocycles. The van der Waals surface area contributed by atoms with Gasteiger partial charge >= 0.3 is 0 Å². The predicted molar refractivity (Wildman–Crippen MR) is 59.4 cm³/mol. The number of hydrogen-bond donors (Lipinski definition) is 1. The normalized spacial score (nSPS) is 14.8. The lowest BCUT2D eigenvalue weighted by molar-refractivity contribution is 0.486. The van der Waals surface area contributed by atoms with Crippen molar-refractivity contribution in [2.45, 2.75) is 39.7 Å². The molecule has 0 aromatic rings. The molecule has 80 valence electrons. The second kappa shape index (κ2) is 5.98. The van der Waals surface area contributed by atoms with Gasteiger partial charge in [-0.1, -0.05) is 29.8 Å². The van der Waals surface area contributed by atoms with Crippen LogP contribution in [0.5, 0.6) is 0 Å². The van der Waals surface area contributed by atoms with E-state index in [0.29, 0.717) is 5.92 Å². The molecule has 13 heavy (non-hydrogen) atoms. The molecule has 1 atom stereocenters. The van der Waals surface area contributed by atoms with Gasteiger partial charge in [-0.05, 0) is 25.7 Å². The Morgan fingerprint density at radius 3 is 2.15 bits per heavy atom. The minimum Gasteiger partial charge on any atom is -0.212 e. The fourth-order valence-corrected chi connectivity index (χ4v) is 2.17. The number of hydrogen-bond acceptors (Lipinski definition) is 2. The maximum atomic E-state index is 11.1. The van der Waals surface area contributed by atoms with Gasteiger partial charge in [0.1, 0.15) is 4.66 Å². The molecule has 1 N–H and O–H groups in total. The second-order valence-corrected chi connectivity index (χ2v) is 6.77. The zero-order chi connectivity index (χ0) is 10.5. The van der Waals surface area contributed by atoms with Crippen molar-refractivity contribution >= 4 is 26.0 Å². The largest absolute Gasteiger partial charge is 0.221 e. The van der Waals surface area contributed by atoms with Crippen molar-refractivity contribution in [3.05, 3.63) is 0 Å². The van der Waals surface area contributed by atoms with Crippen molar-refractivity contribution in [1.29, 1.82) is 0 Å². The molecular weight excluding hydrogens is 254 g/mol. The summed E-state index contributed by atoms with van der Waals surface area (Å²) in [6.45, 7) is 6.15. The summed E-state index contributed by atoms with van der Waals surface area (Å²) in [5.74, 6) is 0.621. The lowest BCUT2D eigenvalue weighted by Gasteiger charge is -2.13. The predicted octanol–water partition coefficient (Wildman–Crippen LogP) is 2.08. The van der Waals surface area contributed by atoms with E-state index in [4.69, 9.17) is 0 Å². The van der Waals surface area contributed by atoms with Crippen LogP contribution in [-0.2, 0) is 10.0 Å². The number of sulfonamides is 1. The molecule has 0 bridgehead atoms. The average Bonchev–Trinajstić information content (AvgIpc) is 2.00. The molecule has 0 aliphatic rings. The van der Waals surface area contributed by atoms with E-state index < -0.39 is 10.0 Å². The molecule has 0 heterocycles. The number of nitrogens with one attached hydrogen (secondary N) is 1. The van der Waals surface area contributed by atoms with Gasteiger partial charge in [-0.25, -0.2) is 13.1 Å². The lowest BCUT2D eigenvalue weighted by Crippen LogP contribution is -2.33. The molecular formula is C8H18BrNO2S. The van der Waals surface area contributed by atoms with Crippen LogP contribution in [0.25, 0.3) is 0 Å². The van der Waals surface area contributed by atoms with Crippen molar-refractivity contribution in [3.63, 3.8) is 0 Å². The van der Waals surface area contributed by atoms with Gasteiger partial charge in [0.15, 0.2) is 0 Å². The smallest absolute Gasteiger partial charge is 0.212 e. The van der Waals surface area contributed by atoms with E-state index >= 15 is 0 Å². The van der Waals surface area contributed by atoms with Gasteiger partial charge in [0.05, 0.1) is 0 Å². The van der Waals surface area contributed by atoms with Gasteiger partial charge in [-0.2, -0.15) is 0 Å². The SMILES string of the molecule is CC(C)CCC(C)NS(=O)(=O)CBr. The number of halogens is 1. The lowest BCUT2D eigenvalue weighted by atomic mass is 10.1. The topological polar surface area (TPSA) is 46.2 Å². The third-order valence-electron chi connectivity index (χ3n) is 1.70. The minimum atomic E-state index is -3.10. The highest BCUT2D eigenvalue weighted by Gasteiger charge is 2.12. The minimum absolute atomic E-state index is 0.0218. The number of rotatable bonds is 6. The number of alkyl halides is 1. The van der Waals surface area contributed by atoms with Crippen molar-refractivity contribution in [2.24, 2.45) is 5.92 Å². The summed E-state index contributed by atoms with van der Waals surface area (Å²) in [4.78, 5) is 0.